The lowest BCUT2D eigenvalue weighted by Gasteiger charge is -2.10. The molecule has 2 N–H and O–H groups in total. The summed E-state index contributed by atoms with van der Waals surface area (Å²) in [6, 6.07) is 22.6. The topological polar surface area (TPSA) is 41.5 Å². The molecule has 4 heteroatoms. The van der Waals surface area contributed by atoms with E-state index in [1.165, 1.54) is 0 Å². The first kappa shape index (κ1) is 16.2. The second-order valence-corrected chi connectivity index (χ2v) is 5.83. The van der Waals surface area contributed by atoms with Crippen LogP contribution >= 0.6 is 11.6 Å². The number of hydrogen-bond donors (Lipinski definition) is 2. The maximum atomic E-state index is 9.27. The summed E-state index contributed by atoms with van der Waals surface area (Å²) in [6.45, 7) is 1.15. The lowest BCUT2D eigenvalue weighted by atomic mass is 10.2. The second-order valence-electron chi connectivity index (χ2n) is 5.42. The normalized spacial score (nSPS) is 10.4. The van der Waals surface area contributed by atoms with Gasteiger partial charge in [-0.3, -0.25) is 0 Å². The summed E-state index contributed by atoms with van der Waals surface area (Å²) in [4.78, 5) is 0. The van der Waals surface area contributed by atoms with Gasteiger partial charge >= 0.3 is 0 Å². The van der Waals surface area contributed by atoms with Gasteiger partial charge in [0.05, 0.1) is 0 Å². The summed E-state index contributed by atoms with van der Waals surface area (Å²) in [7, 11) is 0. The Morgan fingerprint density at radius 2 is 1.58 bits per heavy atom. The molecule has 0 aliphatic heterocycles. The number of halogens is 1. The Labute approximate surface area is 146 Å². The Hall–Kier alpha value is -2.65. The second kappa shape index (κ2) is 7.75. The van der Waals surface area contributed by atoms with Crippen LogP contribution in [0, 0.1) is 0 Å². The largest absolute Gasteiger partial charge is 0.508 e. The highest BCUT2D eigenvalue weighted by Crippen LogP contribution is 2.20. The average molecular weight is 340 g/mol. The molecule has 0 fully saturated rings. The number of nitrogens with one attached hydrogen (secondary N) is 1. The van der Waals surface area contributed by atoms with Crippen molar-refractivity contribution in [3.63, 3.8) is 0 Å². The third kappa shape index (κ3) is 4.43. The maximum Gasteiger partial charge on any atom is 0.119 e. The molecule has 3 aromatic rings. The molecule has 0 bridgehead atoms. The summed E-state index contributed by atoms with van der Waals surface area (Å²) in [5.74, 6) is 1.07. The van der Waals surface area contributed by atoms with Crippen LogP contribution in [-0.4, -0.2) is 5.11 Å². The number of hydrogen-bond acceptors (Lipinski definition) is 3. The fourth-order valence-electron chi connectivity index (χ4n) is 2.26. The number of anilines is 1. The van der Waals surface area contributed by atoms with Crippen molar-refractivity contribution in [1.29, 1.82) is 0 Å². The molecule has 0 unspecified atom stereocenters. The third-order valence-corrected chi connectivity index (χ3v) is 4.01. The van der Waals surface area contributed by atoms with Crippen LogP contribution in [0.15, 0.2) is 72.8 Å². The predicted octanol–water partition coefficient (Wildman–Crippen LogP) is 5.24. The van der Waals surface area contributed by atoms with Gasteiger partial charge in [0.2, 0.25) is 0 Å². The predicted molar refractivity (Wildman–Crippen MR) is 97.7 cm³/mol. The quantitative estimate of drug-likeness (QED) is 0.604. The zero-order chi connectivity index (χ0) is 16.8. The van der Waals surface area contributed by atoms with E-state index in [4.69, 9.17) is 16.3 Å². The summed E-state index contributed by atoms with van der Waals surface area (Å²) in [5.41, 5.74) is 3.08. The molecule has 0 saturated heterocycles. The molecule has 0 amide bonds. The Balaban J connectivity index is 1.53. The highest BCUT2D eigenvalue weighted by atomic mass is 35.5. The number of rotatable bonds is 6. The lowest BCUT2D eigenvalue weighted by molar-refractivity contribution is 0.306. The van der Waals surface area contributed by atoms with Crippen LogP contribution in [0.5, 0.6) is 11.5 Å². The van der Waals surface area contributed by atoms with E-state index < -0.39 is 0 Å². The molecule has 3 nitrogen and oxygen atoms in total. The van der Waals surface area contributed by atoms with E-state index in [1.807, 2.05) is 60.7 Å². The van der Waals surface area contributed by atoms with Crippen molar-refractivity contribution >= 4 is 17.3 Å². The molecule has 3 aromatic carbocycles. The highest BCUT2D eigenvalue weighted by Gasteiger charge is 2.01. The molecule has 0 saturated carbocycles. The molecule has 0 heterocycles. The summed E-state index contributed by atoms with van der Waals surface area (Å²) >= 11 is 6.12. The minimum absolute atomic E-state index is 0.264. The minimum Gasteiger partial charge on any atom is -0.508 e. The van der Waals surface area contributed by atoms with Crippen LogP contribution in [0.3, 0.4) is 0 Å². The molecule has 3 rings (SSSR count). The van der Waals surface area contributed by atoms with Crippen molar-refractivity contribution < 1.29 is 9.84 Å². The molecular weight excluding hydrogens is 322 g/mol. The van der Waals surface area contributed by atoms with Gasteiger partial charge in [-0.2, -0.15) is 0 Å². The van der Waals surface area contributed by atoms with Gasteiger partial charge in [-0.05, 0) is 48.0 Å². The van der Waals surface area contributed by atoms with Crippen LogP contribution in [0.25, 0.3) is 0 Å². The van der Waals surface area contributed by atoms with Gasteiger partial charge in [0.25, 0.3) is 0 Å². The first-order valence-electron chi connectivity index (χ1n) is 7.69. The minimum atomic E-state index is 0.264. The van der Waals surface area contributed by atoms with E-state index in [-0.39, 0.29) is 5.75 Å². The molecule has 122 valence electrons. The van der Waals surface area contributed by atoms with Crippen LogP contribution in [0.4, 0.5) is 5.69 Å². The molecule has 0 aromatic heterocycles. The Kier molecular flexibility index (Phi) is 5.24. The first-order valence-corrected chi connectivity index (χ1v) is 8.06. The number of phenolic OH excluding ortho intramolecular Hbond substituents is 1. The van der Waals surface area contributed by atoms with Crippen LogP contribution in [0.1, 0.15) is 11.1 Å². The fraction of sp³-hybridized carbons (Fsp3) is 0.100. The Morgan fingerprint density at radius 3 is 2.29 bits per heavy atom. The zero-order valence-corrected chi connectivity index (χ0v) is 13.8. The van der Waals surface area contributed by atoms with Gasteiger partial charge < -0.3 is 15.2 Å². The van der Waals surface area contributed by atoms with Gasteiger partial charge in [-0.15, -0.1) is 0 Å². The van der Waals surface area contributed by atoms with Crippen LogP contribution in [-0.2, 0) is 13.2 Å². The van der Waals surface area contributed by atoms with E-state index in [1.54, 1.807) is 12.1 Å². The van der Waals surface area contributed by atoms with E-state index in [9.17, 15) is 5.11 Å². The van der Waals surface area contributed by atoms with Crippen molar-refractivity contribution in [1.82, 2.24) is 0 Å². The van der Waals surface area contributed by atoms with E-state index in [0.29, 0.717) is 18.2 Å². The zero-order valence-electron chi connectivity index (χ0n) is 13.1. The lowest BCUT2D eigenvalue weighted by Crippen LogP contribution is -2.00. The van der Waals surface area contributed by atoms with Crippen molar-refractivity contribution in [2.75, 3.05) is 5.32 Å². The van der Waals surface area contributed by atoms with Gasteiger partial charge in [0, 0.05) is 22.8 Å². The molecule has 24 heavy (non-hydrogen) atoms. The summed E-state index contributed by atoms with van der Waals surface area (Å²) < 4.78 is 5.77. The summed E-state index contributed by atoms with van der Waals surface area (Å²) in [6.07, 6.45) is 0. The monoisotopic (exact) mass is 339 g/mol. The van der Waals surface area contributed by atoms with E-state index in [2.05, 4.69) is 5.32 Å². The molecular formula is C20H18ClNO2. The van der Waals surface area contributed by atoms with Crippen LogP contribution < -0.4 is 10.1 Å². The number of ether oxygens (including phenoxy) is 1. The SMILES string of the molecule is Oc1ccc(NCc2ccc(OCc3ccccc3Cl)cc2)cc1. The van der Waals surface area contributed by atoms with Gasteiger partial charge in [0.1, 0.15) is 18.1 Å². The maximum absolute atomic E-state index is 9.27. The number of phenols is 1. The van der Waals surface area contributed by atoms with Crippen molar-refractivity contribution in [3.8, 4) is 11.5 Å². The molecule has 0 aliphatic rings. The van der Waals surface area contributed by atoms with Crippen molar-refractivity contribution in [3.05, 3.63) is 88.9 Å². The third-order valence-electron chi connectivity index (χ3n) is 3.64. The fourth-order valence-corrected chi connectivity index (χ4v) is 2.45. The van der Waals surface area contributed by atoms with E-state index in [0.717, 1.165) is 22.6 Å². The molecule has 0 atom stereocenters. The van der Waals surface area contributed by atoms with Gasteiger partial charge in [-0.1, -0.05) is 41.9 Å². The van der Waals surface area contributed by atoms with Gasteiger partial charge in [0.15, 0.2) is 0 Å². The van der Waals surface area contributed by atoms with Crippen molar-refractivity contribution in [2.45, 2.75) is 13.2 Å². The average Bonchev–Trinajstić information content (AvgIpc) is 2.61. The Bertz CT molecular complexity index is 785. The smallest absolute Gasteiger partial charge is 0.119 e. The van der Waals surface area contributed by atoms with Gasteiger partial charge in [-0.25, -0.2) is 0 Å². The van der Waals surface area contributed by atoms with Crippen LogP contribution in [0.2, 0.25) is 5.02 Å². The molecule has 0 spiro atoms. The first-order chi connectivity index (χ1) is 11.7. The number of aromatic hydroxyl groups is 1. The highest BCUT2D eigenvalue weighted by molar-refractivity contribution is 6.31. The number of benzene rings is 3. The van der Waals surface area contributed by atoms with Crippen molar-refractivity contribution in [2.24, 2.45) is 0 Å². The summed E-state index contributed by atoms with van der Waals surface area (Å²) in [5, 5.41) is 13.3. The standard InChI is InChI=1S/C20H18ClNO2/c21-20-4-2-1-3-16(20)14-24-19-11-5-15(6-12-19)13-22-17-7-9-18(23)10-8-17/h1-12,22-23H,13-14H2. The molecule has 0 radical (unpaired) electrons. The van der Waals surface area contributed by atoms with E-state index >= 15 is 0 Å². The Morgan fingerprint density at radius 1 is 0.875 bits per heavy atom. The molecule has 0 aliphatic carbocycles.